The summed E-state index contributed by atoms with van der Waals surface area (Å²) in [5, 5.41) is 7.11. The molecule has 5 heteroatoms. The number of hydrogen-bond donors (Lipinski definition) is 1. The zero-order valence-electron chi connectivity index (χ0n) is 8.91. The lowest BCUT2D eigenvalue weighted by molar-refractivity contribution is 0.358. The van der Waals surface area contributed by atoms with E-state index in [1.807, 2.05) is 0 Å². The van der Waals surface area contributed by atoms with E-state index < -0.39 is 0 Å². The third kappa shape index (κ3) is 4.11. The maximum Gasteiger partial charge on any atom is 0.240 e. The molecule has 14 heavy (non-hydrogen) atoms. The molecular weight excluding hydrogens is 198 g/mol. The molecule has 0 bridgehead atoms. The van der Waals surface area contributed by atoms with Gasteiger partial charge in [0.15, 0.2) is 5.82 Å². The van der Waals surface area contributed by atoms with Crippen molar-refractivity contribution in [1.29, 1.82) is 0 Å². The fourth-order valence-corrected chi connectivity index (χ4v) is 1.41. The molecule has 80 valence electrons. The smallest absolute Gasteiger partial charge is 0.240 e. The van der Waals surface area contributed by atoms with Crippen LogP contribution in [0.15, 0.2) is 4.52 Å². The summed E-state index contributed by atoms with van der Waals surface area (Å²) in [6, 6.07) is 0.440. The monoisotopic (exact) mass is 215 g/mol. The molecule has 1 heterocycles. The first-order chi connectivity index (χ1) is 6.72. The van der Waals surface area contributed by atoms with E-state index >= 15 is 0 Å². The summed E-state index contributed by atoms with van der Waals surface area (Å²) in [5.41, 5.74) is 0. The molecule has 1 N–H and O–H groups in total. The van der Waals surface area contributed by atoms with Gasteiger partial charge in [-0.05, 0) is 5.75 Å². The van der Waals surface area contributed by atoms with Crippen molar-refractivity contribution in [3.05, 3.63) is 11.7 Å². The van der Waals surface area contributed by atoms with Crippen molar-refractivity contribution >= 4 is 11.8 Å². The van der Waals surface area contributed by atoms with Crippen LogP contribution in [-0.2, 0) is 12.3 Å². The lowest BCUT2D eigenvalue weighted by Crippen LogP contribution is -2.21. The van der Waals surface area contributed by atoms with E-state index in [0.29, 0.717) is 18.5 Å². The molecule has 0 spiro atoms. The second-order valence-corrected chi connectivity index (χ2v) is 4.55. The summed E-state index contributed by atoms with van der Waals surface area (Å²) < 4.78 is 5.08. The number of nitrogens with one attached hydrogen (secondary N) is 1. The van der Waals surface area contributed by atoms with E-state index in [1.165, 1.54) is 0 Å². The van der Waals surface area contributed by atoms with Gasteiger partial charge in [0.1, 0.15) is 0 Å². The summed E-state index contributed by atoms with van der Waals surface area (Å²) in [4.78, 5) is 4.26. The second kappa shape index (κ2) is 6.03. The average Bonchev–Trinajstić information content (AvgIpc) is 2.59. The van der Waals surface area contributed by atoms with E-state index in [2.05, 4.69) is 36.2 Å². The minimum Gasteiger partial charge on any atom is -0.338 e. The van der Waals surface area contributed by atoms with Gasteiger partial charge >= 0.3 is 0 Å². The zero-order valence-corrected chi connectivity index (χ0v) is 9.73. The largest absolute Gasteiger partial charge is 0.338 e. The summed E-state index contributed by atoms with van der Waals surface area (Å²) in [5.74, 6) is 3.37. The standard InChI is InChI=1S/C9H17N3OS/c1-4-14-6-8-11-9(13-12-8)5-10-7(2)3/h7,10H,4-6H2,1-3H3. The molecular formula is C9H17N3OS. The van der Waals surface area contributed by atoms with E-state index in [0.717, 1.165) is 17.3 Å². The molecule has 0 aliphatic rings. The van der Waals surface area contributed by atoms with Gasteiger partial charge in [0.25, 0.3) is 0 Å². The third-order valence-corrected chi connectivity index (χ3v) is 2.48. The Labute approximate surface area is 88.8 Å². The summed E-state index contributed by atoms with van der Waals surface area (Å²) in [6.07, 6.45) is 0. The fourth-order valence-electron chi connectivity index (χ4n) is 0.905. The maximum absolute atomic E-state index is 5.08. The number of aromatic nitrogens is 2. The molecule has 1 rings (SSSR count). The van der Waals surface area contributed by atoms with Gasteiger partial charge in [-0.2, -0.15) is 16.7 Å². The highest BCUT2D eigenvalue weighted by molar-refractivity contribution is 7.98. The van der Waals surface area contributed by atoms with Crippen molar-refractivity contribution in [2.24, 2.45) is 0 Å². The van der Waals surface area contributed by atoms with Crippen molar-refractivity contribution in [3.8, 4) is 0 Å². The molecule has 0 aliphatic heterocycles. The molecule has 0 fully saturated rings. The topological polar surface area (TPSA) is 51.0 Å². The van der Waals surface area contributed by atoms with Crippen LogP contribution in [0, 0.1) is 0 Å². The van der Waals surface area contributed by atoms with Crippen molar-refractivity contribution in [1.82, 2.24) is 15.5 Å². The number of thioether (sulfide) groups is 1. The predicted molar refractivity (Wildman–Crippen MR) is 58.1 cm³/mol. The molecule has 0 unspecified atom stereocenters. The Morgan fingerprint density at radius 1 is 1.50 bits per heavy atom. The Morgan fingerprint density at radius 3 is 2.93 bits per heavy atom. The van der Waals surface area contributed by atoms with Crippen LogP contribution < -0.4 is 5.32 Å². The third-order valence-electron chi connectivity index (χ3n) is 1.61. The lowest BCUT2D eigenvalue weighted by Gasteiger charge is -2.02. The lowest BCUT2D eigenvalue weighted by atomic mass is 10.4. The second-order valence-electron chi connectivity index (χ2n) is 3.28. The van der Waals surface area contributed by atoms with Crippen molar-refractivity contribution in [2.75, 3.05) is 5.75 Å². The van der Waals surface area contributed by atoms with Gasteiger partial charge in [0.2, 0.25) is 5.89 Å². The number of hydrogen-bond acceptors (Lipinski definition) is 5. The summed E-state index contributed by atoms with van der Waals surface area (Å²) >= 11 is 1.79. The van der Waals surface area contributed by atoms with Gasteiger partial charge in [-0.3, -0.25) is 0 Å². The van der Waals surface area contributed by atoms with Crippen molar-refractivity contribution < 1.29 is 4.52 Å². The van der Waals surface area contributed by atoms with Crippen LogP contribution >= 0.6 is 11.8 Å². The first-order valence-corrected chi connectivity index (χ1v) is 6.00. The van der Waals surface area contributed by atoms with Crippen LogP contribution in [0.4, 0.5) is 0 Å². The number of rotatable bonds is 6. The molecule has 0 saturated heterocycles. The van der Waals surface area contributed by atoms with Crippen LogP contribution in [0.25, 0.3) is 0 Å². The van der Waals surface area contributed by atoms with Crippen molar-refractivity contribution in [2.45, 2.75) is 39.1 Å². The molecule has 1 aromatic rings. The van der Waals surface area contributed by atoms with Gasteiger partial charge < -0.3 is 9.84 Å². The Hall–Kier alpha value is -0.550. The van der Waals surface area contributed by atoms with Crippen LogP contribution in [0.5, 0.6) is 0 Å². The first-order valence-electron chi connectivity index (χ1n) is 4.85. The van der Waals surface area contributed by atoms with Crippen LogP contribution in [0.2, 0.25) is 0 Å². The predicted octanol–water partition coefficient (Wildman–Crippen LogP) is 1.82. The molecule has 0 aliphatic carbocycles. The molecule has 0 amide bonds. The maximum atomic E-state index is 5.08. The number of nitrogens with zero attached hydrogens (tertiary/aromatic N) is 2. The van der Waals surface area contributed by atoms with Gasteiger partial charge in [-0.15, -0.1) is 0 Å². The highest BCUT2D eigenvalue weighted by Crippen LogP contribution is 2.08. The quantitative estimate of drug-likeness (QED) is 0.784. The van der Waals surface area contributed by atoms with Gasteiger partial charge in [-0.25, -0.2) is 0 Å². The first kappa shape index (κ1) is 11.5. The van der Waals surface area contributed by atoms with E-state index in [4.69, 9.17) is 4.52 Å². The van der Waals surface area contributed by atoms with Crippen LogP contribution in [-0.4, -0.2) is 21.9 Å². The Bertz CT molecular complexity index is 262. The SMILES string of the molecule is CCSCc1noc(CNC(C)C)n1. The summed E-state index contributed by atoms with van der Waals surface area (Å²) in [6.45, 7) is 6.95. The van der Waals surface area contributed by atoms with Gasteiger partial charge in [-0.1, -0.05) is 25.9 Å². The molecule has 4 nitrogen and oxygen atoms in total. The normalized spacial score (nSPS) is 11.1. The minimum atomic E-state index is 0.440. The molecule has 0 radical (unpaired) electrons. The van der Waals surface area contributed by atoms with Crippen LogP contribution in [0.1, 0.15) is 32.5 Å². The molecule has 0 aromatic carbocycles. The molecule has 0 atom stereocenters. The minimum absolute atomic E-state index is 0.440. The fraction of sp³-hybridized carbons (Fsp3) is 0.778. The van der Waals surface area contributed by atoms with Gasteiger partial charge in [0, 0.05) is 6.04 Å². The zero-order chi connectivity index (χ0) is 10.4. The molecule has 1 aromatic heterocycles. The van der Waals surface area contributed by atoms with E-state index in [-0.39, 0.29) is 0 Å². The highest BCUT2D eigenvalue weighted by atomic mass is 32.2. The highest BCUT2D eigenvalue weighted by Gasteiger charge is 2.05. The van der Waals surface area contributed by atoms with Crippen molar-refractivity contribution in [3.63, 3.8) is 0 Å². The van der Waals surface area contributed by atoms with Crippen LogP contribution in [0.3, 0.4) is 0 Å². The van der Waals surface area contributed by atoms with E-state index in [9.17, 15) is 0 Å². The molecule has 0 saturated carbocycles. The van der Waals surface area contributed by atoms with Gasteiger partial charge in [0.05, 0.1) is 12.3 Å². The van der Waals surface area contributed by atoms with E-state index in [1.54, 1.807) is 11.8 Å². The Balaban J connectivity index is 2.35. The Kier molecular flexibility index (Phi) is 4.97. The Morgan fingerprint density at radius 2 is 2.29 bits per heavy atom. The summed E-state index contributed by atoms with van der Waals surface area (Å²) in [7, 11) is 0. The average molecular weight is 215 g/mol.